The van der Waals surface area contributed by atoms with Crippen LogP contribution in [0.15, 0.2) is 18.2 Å². The van der Waals surface area contributed by atoms with Gasteiger partial charge >= 0.3 is 24.2 Å². The van der Waals surface area contributed by atoms with Gasteiger partial charge in [-0.3, -0.25) is 0 Å². The lowest BCUT2D eigenvalue weighted by Crippen LogP contribution is -2.35. The van der Waals surface area contributed by atoms with E-state index in [1.807, 2.05) is 0 Å². The zero-order chi connectivity index (χ0) is 17.1. The van der Waals surface area contributed by atoms with Crippen molar-refractivity contribution in [1.82, 2.24) is 0 Å². The van der Waals surface area contributed by atoms with Crippen molar-refractivity contribution in [3.8, 4) is 5.75 Å². The maximum atomic E-state index is 13.0. The van der Waals surface area contributed by atoms with E-state index in [1.165, 1.54) is 6.07 Å². The Hall–Kier alpha value is -1.66. The number of hydrogen-bond donors (Lipinski definition) is 1. The molecule has 5 nitrogen and oxygen atoms in total. The summed E-state index contributed by atoms with van der Waals surface area (Å²) < 4.78 is 70.0. The number of carboxylic acids is 1. The van der Waals surface area contributed by atoms with Gasteiger partial charge in [-0.05, 0) is 40.8 Å². The van der Waals surface area contributed by atoms with E-state index in [2.05, 4.69) is 9.47 Å². The smallest absolute Gasteiger partial charge is 0.474 e. The number of alkyl halides is 5. The van der Waals surface area contributed by atoms with Gasteiger partial charge in [0.25, 0.3) is 0 Å². The lowest BCUT2D eigenvalue weighted by Gasteiger charge is -2.16. The Morgan fingerprint density at radius 2 is 1.77 bits per heavy atom. The third kappa shape index (κ3) is 5.27. The van der Waals surface area contributed by atoms with E-state index in [1.54, 1.807) is 22.6 Å². The molecule has 22 heavy (non-hydrogen) atoms. The summed E-state index contributed by atoms with van der Waals surface area (Å²) in [6.07, 6.45) is -9.46. The van der Waals surface area contributed by atoms with Crippen molar-refractivity contribution in [2.24, 2.45) is 0 Å². The molecule has 122 valence electrons. The third-order valence-corrected chi connectivity index (χ3v) is 2.69. The molecule has 0 bridgehead atoms. The SMILES string of the molecule is O=C(OCC(F)(F)F)c1cc(I)ccc1OC(F)(F)C(=O)O. The monoisotopic (exact) mass is 440 g/mol. The predicted molar refractivity (Wildman–Crippen MR) is 68.7 cm³/mol. The van der Waals surface area contributed by atoms with Crippen molar-refractivity contribution in [2.75, 3.05) is 6.61 Å². The van der Waals surface area contributed by atoms with Gasteiger partial charge in [-0.2, -0.15) is 22.0 Å². The summed E-state index contributed by atoms with van der Waals surface area (Å²) in [5, 5.41) is 8.26. The lowest BCUT2D eigenvalue weighted by atomic mass is 10.2. The molecule has 0 saturated carbocycles. The fourth-order valence-corrected chi connectivity index (χ4v) is 1.65. The first kappa shape index (κ1) is 18.4. The molecule has 0 saturated heterocycles. The van der Waals surface area contributed by atoms with Gasteiger partial charge in [-0.15, -0.1) is 0 Å². The van der Waals surface area contributed by atoms with Gasteiger partial charge in [0, 0.05) is 3.57 Å². The van der Waals surface area contributed by atoms with Gasteiger partial charge in [0.15, 0.2) is 6.61 Å². The summed E-state index contributed by atoms with van der Waals surface area (Å²) in [5.74, 6) is -5.12. The van der Waals surface area contributed by atoms with Crippen LogP contribution in [0.1, 0.15) is 10.4 Å². The zero-order valence-corrected chi connectivity index (χ0v) is 12.4. The van der Waals surface area contributed by atoms with E-state index in [0.717, 1.165) is 12.1 Å². The number of carbonyl (C=O) groups is 2. The second kappa shape index (κ2) is 6.62. The molecule has 1 aromatic rings. The van der Waals surface area contributed by atoms with Crippen molar-refractivity contribution < 1.29 is 46.1 Å². The molecule has 11 heteroatoms. The van der Waals surface area contributed by atoms with Crippen molar-refractivity contribution in [2.45, 2.75) is 12.3 Å². The summed E-state index contributed by atoms with van der Waals surface area (Å²) >= 11 is 1.66. The summed E-state index contributed by atoms with van der Waals surface area (Å²) in [6.45, 7) is -1.92. The first-order chi connectivity index (χ1) is 9.92. The van der Waals surface area contributed by atoms with Gasteiger partial charge in [-0.25, -0.2) is 9.59 Å². The average molecular weight is 440 g/mol. The lowest BCUT2D eigenvalue weighted by molar-refractivity contribution is -0.211. The second-order valence-electron chi connectivity index (χ2n) is 3.76. The first-order valence-electron chi connectivity index (χ1n) is 5.26. The summed E-state index contributed by atoms with van der Waals surface area (Å²) in [7, 11) is 0. The Bertz CT molecular complexity index is 587. The van der Waals surface area contributed by atoms with Gasteiger partial charge in [0.05, 0.1) is 0 Å². The molecule has 0 aliphatic rings. The Kier molecular flexibility index (Phi) is 5.54. The molecular formula is C11H6F5IO5. The van der Waals surface area contributed by atoms with E-state index >= 15 is 0 Å². The average Bonchev–Trinajstić information content (AvgIpc) is 2.36. The van der Waals surface area contributed by atoms with Crippen LogP contribution in [-0.2, 0) is 9.53 Å². The molecule has 0 fully saturated rings. The van der Waals surface area contributed by atoms with Crippen LogP contribution in [0, 0.1) is 3.57 Å². The fraction of sp³-hybridized carbons (Fsp3) is 0.273. The third-order valence-electron chi connectivity index (χ3n) is 2.02. The van der Waals surface area contributed by atoms with Crippen LogP contribution in [0.25, 0.3) is 0 Å². The molecule has 0 radical (unpaired) electrons. The molecule has 0 spiro atoms. The predicted octanol–water partition coefficient (Wildman–Crippen LogP) is 3.07. The van der Waals surface area contributed by atoms with Gasteiger partial charge in [0.2, 0.25) is 0 Å². The maximum absolute atomic E-state index is 13.0. The van der Waals surface area contributed by atoms with Crippen LogP contribution in [-0.4, -0.2) is 35.9 Å². The summed E-state index contributed by atoms with van der Waals surface area (Å²) in [6, 6.07) is 2.93. The van der Waals surface area contributed by atoms with Crippen LogP contribution in [0.2, 0.25) is 0 Å². The summed E-state index contributed by atoms with van der Waals surface area (Å²) in [5.41, 5.74) is -0.753. The highest BCUT2D eigenvalue weighted by atomic mass is 127. The van der Waals surface area contributed by atoms with Crippen molar-refractivity contribution in [3.05, 3.63) is 27.3 Å². The summed E-state index contributed by atoms with van der Waals surface area (Å²) in [4.78, 5) is 21.8. The van der Waals surface area contributed by atoms with Crippen LogP contribution >= 0.6 is 22.6 Å². The Balaban J connectivity index is 3.06. The number of hydrogen-bond acceptors (Lipinski definition) is 4. The standard InChI is InChI=1S/C11H6F5IO5/c12-10(13,14)4-21-8(18)6-3-5(17)1-2-7(6)22-11(15,16)9(19)20/h1-3H,4H2,(H,19,20). The van der Waals surface area contributed by atoms with Crippen LogP contribution in [0.5, 0.6) is 5.75 Å². The molecule has 0 aliphatic heterocycles. The molecule has 1 aromatic carbocycles. The molecular weight excluding hydrogens is 434 g/mol. The Labute approximate surface area is 133 Å². The molecule has 0 heterocycles. The van der Waals surface area contributed by atoms with Gasteiger partial charge in [-0.1, -0.05) is 0 Å². The number of carboxylic acid groups (broad SMARTS) is 1. The van der Waals surface area contributed by atoms with Crippen molar-refractivity contribution in [1.29, 1.82) is 0 Å². The number of esters is 1. The quantitative estimate of drug-likeness (QED) is 0.433. The largest absolute Gasteiger partial charge is 0.501 e. The molecule has 0 aromatic heterocycles. The van der Waals surface area contributed by atoms with Crippen molar-refractivity contribution in [3.63, 3.8) is 0 Å². The maximum Gasteiger partial charge on any atom is 0.501 e. The molecule has 0 aliphatic carbocycles. The number of carbonyl (C=O) groups excluding carboxylic acids is 1. The minimum atomic E-state index is -4.80. The topological polar surface area (TPSA) is 72.8 Å². The first-order valence-corrected chi connectivity index (χ1v) is 6.34. The van der Waals surface area contributed by atoms with E-state index in [-0.39, 0.29) is 0 Å². The van der Waals surface area contributed by atoms with Gasteiger partial charge in [0.1, 0.15) is 11.3 Å². The van der Waals surface area contributed by atoms with E-state index < -0.39 is 42.1 Å². The molecule has 1 N–H and O–H groups in total. The molecule has 0 unspecified atom stereocenters. The Morgan fingerprint density at radius 1 is 1.18 bits per heavy atom. The minimum absolute atomic E-state index is 0.308. The highest BCUT2D eigenvalue weighted by molar-refractivity contribution is 14.1. The number of rotatable bonds is 5. The highest BCUT2D eigenvalue weighted by Gasteiger charge is 2.43. The highest BCUT2D eigenvalue weighted by Crippen LogP contribution is 2.28. The number of halogens is 6. The van der Waals surface area contributed by atoms with Crippen LogP contribution in [0.4, 0.5) is 22.0 Å². The molecule has 0 atom stereocenters. The van der Waals surface area contributed by atoms with Gasteiger partial charge < -0.3 is 14.6 Å². The van der Waals surface area contributed by atoms with Crippen LogP contribution < -0.4 is 4.74 Å². The van der Waals surface area contributed by atoms with Crippen LogP contribution in [0.3, 0.4) is 0 Å². The normalized spacial score (nSPS) is 11.9. The number of benzene rings is 1. The van der Waals surface area contributed by atoms with E-state index in [4.69, 9.17) is 5.11 Å². The molecule has 0 amide bonds. The second-order valence-corrected chi connectivity index (χ2v) is 5.00. The fourth-order valence-electron chi connectivity index (χ4n) is 1.16. The number of ether oxygens (including phenoxy) is 2. The Morgan fingerprint density at radius 3 is 2.27 bits per heavy atom. The minimum Gasteiger partial charge on any atom is -0.474 e. The number of aliphatic carboxylic acids is 1. The van der Waals surface area contributed by atoms with E-state index in [0.29, 0.717) is 3.57 Å². The molecule has 1 rings (SSSR count). The van der Waals surface area contributed by atoms with E-state index in [9.17, 15) is 31.5 Å². The van der Waals surface area contributed by atoms with Crippen molar-refractivity contribution >= 4 is 34.5 Å². The zero-order valence-electron chi connectivity index (χ0n) is 10.3.